The van der Waals surface area contributed by atoms with E-state index in [0.29, 0.717) is 18.8 Å². The van der Waals surface area contributed by atoms with Gasteiger partial charge in [0.15, 0.2) is 0 Å². The number of rotatable bonds is 8. The van der Waals surface area contributed by atoms with Gasteiger partial charge in [-0.1, -0.05) is 44.7 Å². The molecule has 28 heavy (non-hydrogen) atoms. The zero-order valence-corrected chi connectivity index (χ0v) is 17.5. The summed E-state index contributed by atoms with van der Waals surface area (Å²) in [5.74, 6) is 0.585. The normalized spacial score (nSPS) is 12.0. The minimum atomic E-state index is -0.355. The molecule has 0 saturated heterocycles. The van der Waals surface area contributed by atoms with Gasteiger partial charge in [0, 0.05) is 21.1 Å². The Morgan fingerprint density at radius 1 is 1.11 bits per heavy atom. The lowest BCUT2D eigenvalue weighted by Crippen LogP contribution is -2.18. The van der Waals surface area contributed by atoms with Crippen molar-refractivity contribution in [2.24, 2.45) is 5.92 Å². The van der Waals surface area contributed by atoms with Gasteiger partial charge in [-0.15, -0.1) is 11.3 Å². The van der Waals surface area contributed by atoms with E-state index in [2.05, 4.69) is 56.0 Å². The molecule has 3 aromatic rings. The van der Waals surface area contributed by atoms with E-state index in [-0.39, 0.29) is 11.9 Å². The first-order valence-electron chi connectivity index (χ1n) is 9.54. The molecule has 3 rings (SSSR count). The Hall–Kier alpha value is -2.59. The van der Waals surface area contributed by atoms with Crippen molar-refractivity contribution in [3.63, 3.8) is 0 Å². The molecule has 0 saturated carbocycles. The van der Waals surface area contributed by atoms with Crippen molar-refractivity contribution in [3.8, 4) is 16.2 Å². The predicted octanol–water partition coefficient (Wildman–Crippen LogP) is 6.26. The highest BCUT2D eigenvalue weighted by Gasteiger charge is 2.10. The number of carbonyl (C=O) groups excluding carboxylic acids is 1. The van der Waals surface area contributed by atoms with Gasteiger partial charge in [-0.2, -0.15) is 0 Å². The number of carbonyl (C=O) groups is 1. The molecule has 1 aromatic heterocycles. The molecule has 0 fully saturated rings. The third-order valence-corrected chi connectivity index (χ3v) is 5.67. The van der Waals surface area contributed by atoms with Gasteiger partial charge >= 0.3 is 5.97 Å². The summed E-state index contributed by atoms with van der Waals surface area (Å²) in [5.41, 5.74) is 3.01. The van der Waals surface area contributed by atoms with E-state index in [1.807, 2.05) is 13.0 Å². The molecule has 3 nitrogen and oxygen atoms in total. The van der Waals surface area contributed by atoms with Gasteiger partial charge in [0.05, 0.1) is 13.2 Å². The Balaban J connectivity index is 1.63. The van der Waals surface area contributed by atoms with Crippen molar-refractivity contribution in [3.05, 3.63) is 66.2 Å². The minimum absolute atomic E-state index is 0.106. The maximum absolute atomic E-state index is 11.5. The van der Waals surface area contributed by atoms with Crippen LogP contribution in [-0.2, 0) is 16.0 Å². The second-order valence-corrected chi connectivity index (χ2v) is 8.24. The summed E-state index contributed by atoms with van der Waals surface area (Å²) in [6.45, 7) is 10.2. The van der Waals surface area contributed by atoms with Gasteiger partial charge in [0.25, 0.3) is 0 Å². The molecule has 1 atom stereocenters. The fourth-order valence-corrected chi connectivity index (χ4v) is 3.87. The van der Waals surface area contributed by atoms with Crippen molar-refractivity contribution in [1.29, 1.82) is 0 Å². The van der Waals surface area contributed by atoms with E-state index in [4.69, 9.17) is 9.47 Å². The number of thiophene rings is 1. The molecule has 1 heterocycles. The summed E-state index contributed by atoms with van der Waals surface area (Å²) >= 11 is 1.77. The van der Waals surface area contributed by atoms with E-state index >= 15 is 0 Å². The van der Waals surface area contributed by atoms with Crippen molar-refractivity contribution < 1.29 is 14.3 Å². The summed E-state index contributed by atoms with van der Waals surface area (Å²) in [6.07, 6.45) is 1.05. The van der Waals surface area contributed by atoms with Gasteiger partial charge in [0.2, 0.25) is 0 Å². The first-order valence-corrected chi connectivity index (χ1v) is 10.4. The number of hydrogen-bond donors (Lipinski definition) is 0. The molecule has 0 amide bonds. The molecule has 0 spiro atoms. The third kappa shape index (κ3) is 5.02. The molecular formula is C24H26O3S. The molecule has 0 aliphatic carbocycles. The first kappa shape index (κ1) is 20.2. The number of esters is 1. The lowest BCUT2D eigenvalue weighted by Gasteiger charge is -2.13. The van der Waals surface area contributed by atoms with Crippen LogP contribution >= 0.6 is 11.3 Å². The Bertz CT molecular complexity index is 969. The van der Waals surface area contributed by atoms with Crippen molar-refractivity contribution in [1.82, 2.24) is 0 Å². The highest BCUT2D eigenvalue weighted by atomic mass is 32.1. The molecule has 0 aliphatic heterocycles. The number of fused-ring (bicyclic) bond motifs is 1. The van der Waals surface area contributed by atoms with Crippen molar-refractivity contribution in [2.75, 3.05) is 13.2 Å². The Labute approximate surface area is 170 Å². The van der Waals surface area contributed by atoms with E-state index in [1.54, 1.807) is 18.3 Å². The highest BCUT2D eigenvalue weighted by Crippen LogP contribution is 2.35. The van der Waals surface area contributed by atoms with Crippen LogP contribution in [0, 0.1) is 5.92 Å². The highest BCUT2D eigenvalue weighted by molar-refractivity contribution is 7.22. The zero-order chi connectivity index (χ0) is 20.1. The van der Waals surface area contributed by atoms with Crippen LogP contribution in [0.5, 0.6) is 5.75 Å². The standard InChI is InChI=1S/C24H26O3S/c1-5-18-6-8-19(9-7-18)22-12-20-10-11-21(13-23(20)28-22)26-14-17(4)15-27-24(25)16(2)3/h6-13,17H,2,5,14-15H2,1,3-4H3. The summed E-state index contributed by atoms with van der Waals surface area (Å²) in [5, 5.41) is 1.22. The molecule has 0 N–H and O–H groups in total. The second kappa shape index (κ2) is 9.07. The van der Waals surface area contributed by atoms with Crippen LogP contribution in [0.2, 0.25) is 0 Å². The Morgan fingerprint density at radius 3 is 2.54 bits per heavy atom. The number of aryl methyl sites for hydroxylation is 1. The average Bonchev–Trinajstić information content (AvgIpc) is 3.13. The SMILES string of the molecule is C=C(C)C(=O)OCC(C)COc1ccc2cc(-c3ccc(CC)cc3)sc2c1. The van der Waals surface area contributed by atoms with Crippen LogP contribution in [0.25, 0.3) is 20.5 Å². The molecule has 0 radical (unpaired) electrons. The van der Waals surface area contributed by atoms with E-state index in [1.165, 1.54) is 26.1 Å². The number of hydrogen-bond acceptors (Lipinski definition) is 4. The molecule has 146 valence electrons. The van der Waals surface area contributed by atoms with Gasteiger partial charge in [-0.25, -0.2) is 4.79 Å². The number of benzene rings is 2. The molecule has 4 heteroatoms. The average molecular weight is 395 g/mol. The maximum Gasteiger partial charge on any atom is 0.333 e. The lowest BCUT2D eigenvalue weighted by atomic mass is 10.1. The van der Waals surface area contributed by atoms with Crippen LogP contribution in [0.4, 0.5) is 0 Å². The van der Waals surface area contributed by atoms with E-state index in [9.17, 15) is 4.79 Å². The van der Waals surface area contributed by atoms with E-state index < -0.39 is 0 Å². The lowest BCUT2D eigenvalue weighted by molar-refractivity contribution is -0.140. The number of ether oxygens (including phenoxy) is 2. The zero-order valence-electron chi connectivity index (χ0n) is 16.7. The third-order valence-electron chi connectivity index (χ3n) is 4.52. The minimum Gasteiger partial charge on any atom is -0.493 e. The van der Waals surface area contributed by atoms with Crippen LogP contribution < -0.4 is 4.74 Å². The molecule has 2 aromatic carbocycles. The monoisotopic (exact) mass is 394 g/mol. The van der Waals surface area contributed by atoms with Gasteiger partial charge in [-0.3, -0.25) is 0 Å². The van der Waals surface area contributed by atoms with Gasteiger partial charge in [0.1, 0.15) is 5.75 Å². The van der Waals surface area contributed by atoms with Crippen LogP contribution in [0.15, 0.2) is 60.7 Å². The smallest absolute Gasteiger partial charge is 0.333 e. The fourth-order valence-electron chi connectivity index (χ4n) is 2.78. The summed E-state index contributed by atoms with van der Waals surface area (Å²) in [6, 6.07) is 17.2. The largest absolute Gasteiger partial charge is 0.493 e. The van der Waals surface area contributed by atoms with Gasteiger partial charge < -0.3 is 9.47 Å². The van der Waals surface area contributed by atoms with Crippen molar-refractivity contribution >= 4 is 27.4 Å². The maximum atomic E-state index is 11.5. The summed E-state index contributed by atoms with van der Waals surface area (Å²) in [7, 11) is 0. The first-order chi connectivity index (χ1) is 13.5. The van der Waals surface area contributed by atoms with Crippen LogP contribution in [0.3, 0.4) is 0 Å². The Kier molecular flexibility index (Phi) is 6.53. The molecular weight excluding hydrogens is 368 g/mol. The van der Waals surface area contributed by atoms with Crippen LogP contribution in [-0.4, -0.2) is 19.2 Å². The van der Waals surface area contributed by atoms with Crippen molar-refractivity contribution in [2.45, 2.75) is 27.2 Å². The molecule has 0 aliphatic rings. The topological polar surface area (TPSA) is 35.5 Å². The predicted molar refractivity (Wildman–Crippen MR) is 117 cm³/mol. The molecule has 1 unspecified atom stereocenters. The Morgan fingerprint density at radius 2 is 1.86 bits per heavy atom. The summed E-state index contributed by atoms with van der Waals surface area (Å²) < 4.78 is 12.3. The fraction of sp³-hybridized carbons (Fsp3) is 0.292. The van der Waals surface area contributed by atoms with Crippen LogP contribution in [0.1, 0.15) is 26.3 Å². The quantitative estimate of drug-likeness (QED) is 0.334. The van der Waals surface area contributed by atoms with Gasteiger partial charge in [-0.05, 0) is 54.1 Å². The van der Waals surface area contributed by atoms with E-state index in [0.717, 1.165) is 12.2 Å². The second-order valence-electron chi connectivity index (χ2n) is 7.16. The molecule has 0 bridgehead atoms. The summed E-state index contributed by atoms with van der Waals surface area (Å²) in [4.78, 5) is 12.7.